The summed E-state index contributed by atoms with van der Waals surface area (Å²) >= 11 is 0. The molecule has 1 unspecified atom stereocenters. The van der Waals surface area contributed by atoms with Crippen molar-refractivity contribution in [3.63, 3.8) is 0 Å². The second kappa shape index (κ2) is 5.11. The van der Waals surface area contributed by atoms with Gasteiger partial charge in [-0.25, -0.2) is 4.58 Å². The Kier molecular flexibility index (Phi) is 3.71. The fourth-order valence-corrected chi connectivity index (χ4v) is 3.14. The number of hydrogen-bond donors (Lipinski definition) is 2. The Morgan fingerprint density at radius 1 is 1.28 bits per heavy atom. The first-order chi connectivity index (χ1) is 8.65. The summed E-state index contributed by atoms with van der Waals surface area (Å²) in [4.78, 5) is 0. The average molecular weight is 247 g/mol. The number of aliphatic hydroxyl groups excluding tert-OH is 1. The predicted molar refractivity (Wildman–Crippen MR) is 75.3 cm³/mol. The van der Waals surface area contributed by atoms with Crippen LogP contribution in [0.2, 0.25) is 0 Å². The van der Waals surface area contributed by atoms with Crippen molar-refractivity contribution in [1.82, 2.24) is 0 Å². The van der Waals surface area contributed by atoms with Crippen molar-refractivity contribution in [3.8, 4) is 0 Å². The minimum atomic E-state index is 0.212. The molecule has 0 saturated carbocycles. The van der Waals surface area contributed by atoms with Crippen LogP contribution in [-0.4, -0.2) is 29.0 Å². The highest BCUT2D eigenvalue weighted by Gasteiger charge is 2.37. The van der Waals surface area contributed by atoms with E-state index in [-0.39, 0.29) is 12.6 Å². The Bertz CT molecular complexity index is 492. The first-order valence-electron chi connectivity index (χ1n) is 6.76. The van der Waals surface area contributed by atoms with E-state index in [4.69, 9.17) is 5.73 Å². The summed E-state index contributed by atoms with van der Waals surface area (Å²) in [6, 6.07) is 4.42. The lowest BCUT2D eigenvalue weighted by Crippen LogP contribution is -2.16. The third-order valence-electron chi connectivity index (χ3n) is 4.00. The van der Waals surface area contributed by atoms with E-state index in [9.17, 15) is 5.11 Å². The van der Waals surface area contributed by atoms with Crippen LogP contribution in [0.4, 0.5) is 5.69 Å². The van der Waals surface area contributed by atoms with Gasteiger partial charge in [-0.05, 0) is 18.1 Å². The molecule has 18 heavy (non-hydrogen) atoms. The van der Waals surface area contributed by atoms with Crippen molar-refractivity contribution in [2.75, 3.05) is 19.4 Å². The largest absolute Gasteiger partial charge is 0.398 e. The molecule has 0 aromatic heterocycles. The molecule has 0 bridgehead atoms. The quantitative estimate of drug-likeness (QED) is 0.632. The smallest absolute Gasteiger partial charge is 0.185 e. The first kappa shape index (κ1) is 13.1. The zero-order valence-corrected chi connectivity index (χ0v) is 11.5. The standard InChI is InChI=1S/C15H22N2O/c1-4-10-6-7-11(16)15-12(5-2)17(3)13(8-9-18)14(10)15/h6-7,13,16,18H,4-5,8-9H2,1-3H3/p+1. The number of nitrogen functional groups attached to an aromatic ring is 1. The number of benzene rings is 1. The average Bonchev–Trinajstić information content (AvgIpc) is 2.65. The molecule has 1 aliphatic heterocycles. The number of nitrogens with two attached hydrogens (primary N) is 1. The monoisotopic (exact) mass is 247 g/mol. The van der Waals surface area contributed by atoms with Gasteiger partial charge in [-0.2, -0.15) is 0 Å². The highest BCUT2D eigenvalue weighted by Crippen LogP contribution is 2.37. The summed E-state index contributed by atoms with van der Waals surface area (Å²) in [7, 11) is 2.11. The molecule has 1 atom stereocenters. The van der Waals surface area contributed by atoms with Crippen LogP contribution >= 0.6 is 0 Å². The molecule has 1 aliphatic rings. The number of rotatable bonds is 4. The van der Waals surface area contributed by atoms with Crippen LogP contribution in [0, 0.1) is 0 Å². The zero-order chi connectivity index (χ0) is 13.3. The number of fused-ring (bicyclic) bond motifs is 1. The summed E-state index contributed by atoms with van der Waals surface area (Å²) in [5, 5.41) is 9.29. The lowest BCUT2D eigenvalue weighted by molar-refractivity contribution is -0.542. The fourth-order valence-electron chi connectivity index (χ4n) is 3.14. The highest BCUT2D eigenvalue weighted by atomic mass is 16.3. The molecule has 2 rings (SSSR count). The van der Waals surface area contributed by atoms with Gasteiger partial charge >= 0.3 is 0 Å². The van der Waals surface area contributed by atoms with Crippen molar-refractivity contribution >= 4 is 11.4 Å². The van der Waals surface area contributed by atoms with Gasteiger partial charge in [0.1, 0.15) is 7.05 Å². The van der Waals surface area contributed by atoms with Gasteiger partial charge < -0.3 is 10.8 Å². The van der Waals surface area contributed by atoms with Crippen LogP contribution in [0.5, 0.6) is 0 Å². The van der Waals surface area contributed by atoms with Gasteiger partial charge in [0.05, 0.1) is 5.56 Å². The molecule has 0 saturated heterocycles. The van der Waals surface area contributed by atoms with Crippen LogP contribution < -0.4 is 5.73 Å². The predicted octanol–water partition coefficient (Wildman–Crippen LogP) is 2.11. The fraction of sp³-hybridized carbons (Fsp3) is 0.533. The molecule has 1 aromatic carbocycles. The molecule has 0 fully saturated rings. The van der Waals surface area contributed by atoms with Gasteiger partial charge in [0.25, 0.3) is 0 Å². The summed E-state index contributed by atoms with van der Waals surface area (Å²) in [6.45, 7) is 4.55. The molecule has 0 spiro atoms. The Morgan fingerprint density at radius 2 is 2.00 bits per heavy atom. The van der Waals surface area contributed by atoms with E-state index in [0.29, 0.717) is 0 Å². The molecule has 0 radical (unpaired) electrons. The number of hydrogen-bond acceptors (Lipinski definition) is 2. The second-order valence-corrected chi connectivity index (χ2v) is 4.90. The van der Waals surface area contributed by atoms with Crippen molar-refractivity contribution in [1.29, 1.82) is 0 Å². The lowest BCUT2D eigenvalue weighted by Gasteiger charge is -2.12. The van der Waals surface area contributed by atoms with Gasteiger partial charge in [-0.3, -0.25) is 0 Å². The first-order valence-corrected chi connectivity index (χ1v) is 6.76. The van der Waals surface area contributed by atoms with E-state index in [1.807, 2.05) is 6.07 Å². The molecule has 3 heteroatoms. The maximum absolute atomic E-state index is 9.29. The summed E-state index contributed by atoms with van der Waals surface area (Å²) in [5.74, 6) is 0. The molecule has 1 heterocycles. The topological polar surface area (TPSA) is 49.3 Å². The van der Waals surface area contributed by atoms with Crippen LogP contribution in [0.25, 0.3) is 0 Å². The van der Waals surface area contributed by atoms with Gasteiger partial charge in [-0.15, -0.1) is 0 Å². The van der Waals surface area contributed by atoms with Crippen molar-refractivity contribution in [2.24, 2.45) is 0 Å². The molecule has 1 aromatic rings. The Hall–Kier alpha value is -1.35. The maximum atomic E-state index is 9.29. The third-order valence-corrected chi connectivity index (χ3v) is 4.00. The van der Waals surface area contributed by atoms with Crippen LogP contribution in [0.3, 0.4) is 0 Å². The second-order valence-electron chi connectivity index (χ2n) is 4.90. The Labute approximate surface area is 109 Å². The van der Waals surface area contributed by atoms with E-state index in [1.54, 1.807) is 0 Å². The van der Waals surface area contributed by atoms with Gasteiger partial charge in [-0.1, -0.05) is 19.9 Å². The molecule has 3 nitrogen and oxygen atoms in total. The normalized spacial score (nSPS) is 18.3. The van der Waals surface area contributed by atoms with E-state index in [2.05, 4.69) is 31.5 Å². The molecule has 3 N–H and O–H groups in total. The van der Waals surface area contributed by atoms with Gasteiger partial charge in [0.2, 0.25) is 0 Å². The Balaban J connectivity index is 2.65. The number of aliphatic hydroxyl groups is 1. The molecule has 0 amide bonds. The van der Waals surface area contributed by atoms with E-state index in [0.717, 1.165) is 24.9 Å². The van der Waals surface area contributed by atoms with E-state index < -0.39 is 0 Å². The third kappa shape index (κ3) is 1.83. The highest BCUT2D eigenvalue weighted by molar-refractivity contribution is 6.04. The molecular weight excluding hydrogens is 224 g/mol. The summed E-state index contributed by atoms with van der Waals surface area (Å²) in [5.41, 5.74) is 12.3. The minimum Gasteiger partial charge on any atom is -0.398 e. The number of anilines is 1. The molecule has 0 aliphatic carbocycles. The number of nitrogens with zero attached hydrogens (tertiary/aromatic N) is 1. The van der Waals surface area contributed by atoms with Crippen molar-refractivity contribution in [2.45, 2.75) is 39.2 Å². The van der Waals surface area contributed by atoms with Crippen molar-refractivity contribution in [3.05, 3.63) is 28.8 Å². The van der Waals surface area contributed by atoms with Crippen LogP contribution in [0.1, 0.15) is 49.4 Å². The van der Waals surface area contributed by atoms with Gasteiger partial charge in [0, 0.05) is 30.7 Å². The lowest BCUT2D eigenvalue weighted by atomic mass is 9.91. The summed E-state index contributed by atoms with van der Waals surface area (Å²) in [6.07, 6.45) is 2.75. The van der Waals surface area contributed by atoms with E-state index >= 15 is 0 Å². The zero-order valence-electron chi connectivity index (χ0n) is 11.5. The minimum absolute atomic E-state index is 0.212. The molecular formula is C15H23N2O+. The van der Waals surface area contributed by atoms with Crippen LogP contribution in [-0.2, 0) is 6.42 Å². The SMILES string of the molecule is CCC1=[N+](C)C(CCO)c2c(CC)ccc(N)c21. The van der Waals surface area contributed by atoms with Gasteiger partial charge in [0.15, 0.2) is 11.8 Å². The summed E-state index contributed by atoms with van der Waals surface area (Å²) < 4.78 is 2.29. The van der Waals surface area contributed by atoms with Crippen LogP contribution in [0.15, 0.2) is 12.1 Å². The molecule has 98 valence electrons. The van der Waals surface area contributed by atoms with Crippen molar-refractivity contribution < 1.29 is 9.68 Å². The van der Waals surface area contributed by atoms with E-state index in [1.165, 1.54) is 22.4 Å². The maximum Gasteiger partial charge on any atom is 0.185 e. The Morgan fingerprint density at radius 3 is 2.56 bits per heavy atom. The number of aryl methyl sites for hydroxylation is 1.